The molecule has 0 bridgehead atoms. The lowest BCUT2D eigenvalue weighted by Gasteiger charge is -2.16. The van der Waals surface area contributed by atoms with Gasteiger partial charge in [-0.15, -0.1) is 0 Å². The van der Waals surface area contributed by atoms with Gasteiger partial charge in [0.1, 0.15) is 11.5 Å². The van der Waals surface area contributed by atoms with Crippen molar-refractivity contribution in [1.29, 1.82) is 0 Å². The largest absolute Gasteiger partial charge is 0.508 e. The molecule has 2 N–H and O–H groups in total. The SMILES string of the molecule is CC[C@H](CC[C@H]1OC1(C)C)c1cc(O)ccc1O. The van der Waals surface area contributed by atoms with Gasteiger partial charge in [0.25, 0.3) is 0 Å². The average molecular weight is 250 g/mol. The molecule has 2 rings (SSSR count). The second-order valence-electron chi connectivity index (χ2n) is 5.64. The standard InChI is InChI=1S/C15H22O3/c1-4-10(5-8-14-15(2,3)18-14)12-9-11(16)6-7-13(12)17/h6-7,9-10,14,16-17H,4-5,8H2,1-3H3/t10-,14-/m1/s1. The first-order valence-corrected chi connectivity index (χ1v) is 6.63. The van der Waals surface area contributed by atoms with Gasteiger partial charge in [-0.1, -0.05) is 6.92 Å². The van der Waals surface area contributed by atoms with Crippen LogP contribution >= 0.6 is 0 Å². The molecule has 0 radical (unpaired) electrons. The van der Waals surface area contributed by atoms with Crippen LogP contribution in [0.1, 0.15) is 51.5 Å². The Bertz CT molecular complexity index is 426. The zero-order valence-corrected chi connectivity index (χ0v) is 11.3. The van der Waals surface area contributed by atoms with E-state index in [-0.39, 0.29) is 23.0 Å². The Balaban J connectivity index is 2.02. The number of ether oxygens (including phenoxy) is 1. The summed E-state index contributed by atoms with van der Waals surface area (Å²) in [7, 11) is 0. The Kier molecular flexibility index (Phi) is 3.53. The zero-order valence-electron chi connectivity index (χ0n) is 11.3. The lowest BCUT2D eigenvalue weighted by molar-refractivity contribution is 0.316. The fraction of sp³-hybridized carbons (Fsp3) is 0.600. The summed E-state index contributed by atoms with van der Waals surface area (Å²) < 4.78 is 5.58. The maximum absolute atomic E-state index is 9.88. The summed E-state index contributed by atoms with van der Waals surface area (Å²) in [6.07, 6.45) is 3.26. The molecule has 0 aromatic heterocycles. The maximum Gasteiger partial charge on any atom is 0.119 e. The van der Waals surface area contributed by atoms with Gasteiger partial charge >= 0.3 is 0 Å². The topological polar surface area (TPSA) is 53.0 Å². The quantitative estimate of drug-likeness (QED) is 0.620. The molecule has 0 unspecified atom stereocenters. The molecule has 0 spiro atoms. The highest BCUT2D eigenvalue weighted by Crippen LogP contribution is 2.41. The molecule has 1 fully saturated rings. The second-order valence-corrected chi connectivity index (χ2v) is 5.64. The molecule has 1 aromatic carbocycles. The highest BCUT2D eigenvalue weighted by atomic mass is 16.6. The van der Waals surface area contributed by atoms with Crippen LogP contribution in [0.5, 0.6) is 11.5 Å². The first-order chi connectivity index (χ1) is 8.44. The summed E-state index contributed by atoms with van der Waals surface area (Å²) >= 11 is 0. The van der Waals surface area contributed by atoms with E-state index in [1.54, 1.807) is 12.1 Å². The molecule has 2 atom stereocenters. The van der Waals surface area contributed by atoms with Crippen LogP contribution in [0.3, 0.4) is 0 Å². The van der Waals surface area contributed by atoms with Gasteiger partial charge in [0.15, 0.2) is 0 Å². The van der Waals surface area contributed by atoms with Crippen molar-refractivity contribution in [3.63, 3.8) is 0 Å². The fourth-order valence-corrected chi connectivity index (χ4v) is 2.54. The van der Waals surface area contributed by atoms with Crippen molar-refractivity contribution < 1.29 is 14.9 Å². The Morgan fingerprint density at radius 3 is 2.56 bits per heavy atom. The molecule has 1 aromatic rings. The summed E-state index contributed by atoms with van der Waals surface area (Å²) in [6, 6.07) is 4.74. The number of hydrogen-bond donors (Lipinski definition) is 2. The van der Waals surface area contributed by atoms with Crippen LogP contribution in [0.15, 0.2) is 18.2 Å². The smallest absolute Gasteiger partial charge is 0.119 e. The van der Waals surface area contributed by atoms with E-state index in [9.17, 15) is 10.2 Å². The van der Waals surface area contributed by atoms with Crippen LogP contribution in [-0.4, -0.2) is 21.9 Å². The van der Waals surface area contributed by atoms with Crippen molar-refractivity contribution in [2.45, 2.75) is 57.7 Å². The second kappa shape index (κ2) is 4.81. The molecule has 3 heteroatoms. The molecule has 0 saturated carbocycles. The monoisotopic (exact) mass is 250 g/mol. The average Bonchev–Trinajstić information content (AvgIpc) is 2.92. The molecule has 1 saturated heterocycles. The first-order valence-electron chi connectivity index (χ1n) is 6.63. The minimum absolute atomic E-state index is 0.0269. The first kappa shape index (κ1) is 13.2. The predicted octanol–water partition coefficient (Wildman–Crippen LogP) is 3.55. The van der Waals surface area contributed by atoms with Crippen LogP contribution in [-0.2, 0) is 4.74 Å². The normalized spacial score (nSPS) is 22.7. The minimum atomic E-state index is 0.0269. The summed E-state index contributed by atoms with van der Waals surface area (Å²) in [5, 5.41) is 19.4. The highest BCUT2D eigenvalue weighted by Gasteiger charge is 2.47. The van der Waals surface area contributed by atoms with Gasteiger partial charge in [0.2, 0.25) is 0 Å². The molecule has 3 nitrogen and oxygen atoms in total. The maximum atomic E-state index is 9.88. The minimum Gasteiger partial charge on any atom is -0.508 e. The van der Waals surface area contributed by atoms with Crippen LogP contribution in [0, 0.1) is 0 Å². The molecule has 1 heterocycles. The number of rotatable bonds is 5. The third-order valence-corrected chi connectivity index (χ3v) is 3.89. The number of phenols is 2. The third kappa shape index (κ3) is 2.78. The van der Waals surface area contributed by atoms with Crippen molar-refractivity contribution in [3.8, 4) is 11.5 Å². The molecule has 18 heavy (non-hydrogen) atoms. The van der Waals surface area contributed by atoms with Crippen molar-refractivity contribution in [2.75, 3.05) is 0 Å². The summed E-state index contributed by atoms with van der Waals surface area (Å²) in [5.41, 5.74) is 0.870. The van der Waals surface area contributed by atoms with E-state index < -0.39 is 0 Å². The van der Waals surface area contributed by atoms with E-state index >= 15 is 0 Å². The number of phenolic OH excluding ortho intramolecular Hbond substituents is 2. The van der Waals surface area contributed by atoms with Crippen LogP contribution in [0.4, 0.5) is 0 Å². The molecule has 1 aliphatic heterocycles. The highest BCUT2D eigenvalue weighted by molar-refractivity contribution is 5.40. The Morgan fingerprint density at radius 2 is 2.00 bits per heavy atom. The molecular weight excluding hydrogens is 228 g/mol. The van der Waals surface area contributed by atoms with Crippen LogP contribution < -0.4 is 0 Å². The Labute approximate surface area is 108 Å². The van der Waals surface area contributed by atoms with Crippen LogP contribution in [0.25, 0.3) is 0 Å². The van der Waals surface area contributed by atoms with Gasteiger partial charge in [0.05, 0.1) is 11.7 Å². The van der Waals surface area contributed by atoms with Crippen LogP contribution in [0.2, 0.25) is 0 Å². The lowest BCUT2D eigenvalue weighted by Crippen LogP contribution is -2.06. The number of benzene rings is 1. The third-order valence-electron chi connectivity index (χ3n) is 3.89. The number of aromatic hydroxyl groups is 2. The Hall–Kier alpha value is -1.22. The van der Waals surface area contributed by atoms with E-state index in [2.05, 4.69) is 20.8 Å². The summed E-state index contributed by atoms with van der Waals surface area (Å²) in [6.45, 7) is 6.31. The van der Waals surface area contributed by atoms with Crippen molar-refractivity contribution in [2.24, 2.45) is 0 Å². The number of epoxide rings is 1. The van der Waals surface area contributed by atoms with E-state index in [0.717, 1.165) is 24.8 Å². The number of hydrogen-bond acceptors (Lipinski definition) is 3. The lowest BCUT2D eigenvalue weighted by atomic mass is 9.89. The van der Waals surface area contributed by atoms with Crippen molar-refractivity contribution >= 4 is 0 Å². The molecule has 0 aliphatic carbocycles. The fourth-order valence-electron chi connectivity index (χ4n) is 2.54. The summed E-state index contributed by atoms with van der Waals surface area (Å²) in [5.74, 6) is 0.761. The molecule has 0 amide bonds. The van der Waals surface area contributed by atoms with E-state index in [0.29, 0.717) is 6.10 Å². The van der Waals surface area contributed by atoms with Crippen molar-refractivity contribution in [3.05, 3.63) is 23.8 Å². The van der Waals surface area contributed by atoms with Gasteiger partial charge in [-0.3, -0.25) is 0 Å². The van der Waals surface area contributed by atoms with Crippen molar-refractivity contribution in [1.82, 2.24) is 0 Å². The molecular formula is C15H22O3. The van der Waals surface area contributed by atoms with E-state index in [1.807, 2.05) is 0 Å². The van der Waals surface area contributed by atoms with Gasteiger partial charge in [-0.25, -0.2) is 0 Å². The van der Waals surface area contributed by atoms with Gasteiger partial charge in [-0.2, -0.15) is 0 Å². The van der Waals surface area contributed by atoms with E-state index in [1.165, 1.54) is 6.07 Å². The molecule has 1 aliphatic rings. The zero-order chi connectivity index (χ0) is 13.3. The van der Waals surface area contributed by atoms with Gasteiger partial charge in [-0.05, 0) is 57.2 Å². The van der Waals surface area contributed by atoms with Gasteiger partial charge in [0, 0.05) is 5.56 Å². The van der Waals surface area contributed by atoms with Gasteiger partial charge < -0.3 is 14.9 Å². The Morgan fingerprint density at radius 1 is 1.33 bits per heavy atom. The van der Waals surface area contributed by atoms with E-state index in [4.69, 9.17) is 4.74 Å². The molecule has 100 valence electrons. The summed E-state index contributed by atoms with van der Waals surface area (Å²) in [4.78, 5) is 0. The predicted molar refractivity (Wildman–Crippen MR) is 71.0 cm³/mol.